The van der Waals surface area contributed by atoms with Crippen LogP contribution >= 0.6 is 11.3 Å². The van der Waals surface area contributed by atoms with Gasteiger partial charge < -0.3 is 10.2 Å². The lowest BCUT2D eigenvalue weighted by Crippen LogP contribution is -3.06. The fourth-order valence-corrected chi connectivity index (χ4v) is 4.28. The van der Waals surface area contributed by atoms with E-state index in [1.807, 2.05) is 6.07 Å². The Kier molecular flexibility index (Phi) is 5.14. The van der Waals surface area contributed by atoms with Crippen LogP contribution in [0.2, 0.25) is 0 Å². The van der Waals surface area contributed by atoms with Crippen LogP contribution in [-0.2, 0) is 0 Å². The van der Waals surface area contributed by atoms with Gasteiger partial charge in [0.2, 0.25) is 0 Å². The zero-order valence-electron chi connectivity index (χ0n) is 15.5. The van der Waals surface area contributed by atoms with E-state index in [0.29, 0.717) is 6.04 Å². The highest BCUT2D eigenvalue weighted by molar-refractivity contribution is 7.21. The van der Waals surface area contributed by atoms with Crippen molar-refractivity contribution in [3.05, 3.63) is 78.6 Å². The van der Waals surface area contributed by atoms with E-state index < -0.39 is 0 Å². The molecule has 4 rings (SSSR count). The summed E-state index contributed by atoms with van der Waals surface area (Å²) in [6, 6.07) is 23.6. The summed E-state index contributed by atoms with van der Waals surface area (Å²) < 4.78 is 0. The first-order valence-electron chi connectivity index (χ1n) is 9.11. The highest BCUT2D eigenvalue weighted by Crippen LogP contribution is 2.34. The van der Waals surface area contributed by atoms with Crippen molar-refractivity contribution in [2.45, 2.75) is 6.04 Å². The molecule has 136 valence electrons. The predicted octanol–water partition coefficient (Wildman–Crippen LogP) is 3.66. The van der Waals surface area contributed by atoms with Crippen molar-refractivity contribution < 1.29 is 4.90 Å². The van der Waals surface area contributed by atoms with Crippen LogP contribution in [0.3, 0.4) is 0 Å². The average molecular weight is 376 g/mol. The van der Waals surface area contributed by atoms with Crippen LogP contribution in [-0.4, -0.2) is 30.6 Å². The molecule has 0 amide bonds. The van der Waals surface area contributed by atoms with E-state index in [4.69, 9.17) is 0 Å². The molecule has 2 aromatic heterocycles. The Hall–Kier alpha value is -2.76. The minimum Gasteiger partial charge on any atom is -0.363 e. The normalized spacial score (nSPS) is 12.4. The molecule has 1 atom stereocenters. The van der Waals surface area contributed by atoms with Gasteiger partial charge in [0.25, 0.3) is 0 Å². The molecule has 4 aromatic rings. The Labute approximate surface area is 163 Å². The standard InChI is InChI=1S/C22H22N4S/c1-26(2)19(16-9-5-3-6-10-16)14-23-21-18-13-20(17-11-7-4-8-12-17)27-22(18)25-15-24-21/h3-13,15,19H,14H2,1-2H3,(H,23,24,25)/p+1/t19-/m0/s1. The fraction of sp³-hybridized carbons (Fsp3) is 0.182. The summed E-state index contributed by atoms with van der Waals surface area (Å²) in [5.41, 5.74) is 2.54. The van der Waals surface area contributed by atoms with Gasteiger partial charge in [-0.2, -0.15) is 0 Å². The minimum atomic E-state index is 0.350. The number of benzene rings is 2. The molecule has 2 heterocycles. The van der Waals surface area contributed by atoms with Crippen LogP contribution in [0, 0.1) is 0 Å². The molecule has 0 bridgehead atoms. The number of anilines is 1. The molecule has 27 heavy (non-hydrogen) atoms. The largest absolute Gasteiger partial charge is 0.363 e. The van der Waals surface area contributed by atoms with Gasteiger partial charge in [0.15, 0.2) is 0 Å². The lowest BCUT2D eigenvalue weighted by Gasteiger charge is -2.22. The van der Waals surface area contributed by atoms with Gasteiger partial charge >= 0.3 is 0 Å². The van der Waals surface area contributed by atoms with Crippen molar-refractivity contribution in [3.63, 3.8) is 0 Å². The number of nitrogens with one attached hydrogen (secondary N) is 2. The molecule has 0 fully saturated rings. The molecule has 0 aliphatic carbocycles. The zero-order valence-corrected chi connectivity index (χ0v) is 16.3. The monoisotopic (exact) mass is 375 g/mol. The van der Waals surface area contributed by atoms with Gasteiger partial charge in [-0.25, -0.2) is 9.97 Å². The first-order valence-corrected chi connectivity index (χ1v) is 9.93. The fourth-order valence-electron chi connectivity index (χ4n) is 3.28. The molecule has 4 nitrogen and oxygen atoms in total. The molecule has 0 unspecified atom stereocenters. The van der Waals surface area contributed by atoms with Crippen LogP contribution in [0.15, 0.2) is 73.1 Å². The zero-order chi connectivity index (χ0) is 18.6. The number of aromatic nitrogens is 2. The van der Waals surface area contributed by atoms with Gasteiger partial charge in [-0.3, -0.25) is 0 Å². The first-order chi connectivity index (χ1) is 13.2. The number of hydrogen-bond donors (Lipinski definition) is 2. The van der Waals surface area contributed by atoms with Crippen LogP contribution in [0.25, 0.3) is 20.7 Å². The minimum absolute atomic E-state index is 0.350. The number of likely N-dealkylation sites (N-methyl/N-ethyl adjacent to an activating group) is 1. The molecule has 5 heteroatoms. The Morgan fingerprint density at radius 2 is 1.67 bits per heavy atom. The van der Waals surface area contributed by atoms with E-state index in [0.717, 1.165) is 22.6 Å². The second-order valence-electron chi connectivity index (χ2n) is 6.84. The van der Waals surface area contributed by atoms with E-state index in [1.165, 1.54) is 20.9 Å². The molecule has 0 saturated carbocycles. The Morgan fingerprint density at radius 3 is 2.37 bits per heavy atom. The lowest BCUT2D eigenvalue weighted by atomic mass is 10.1. The summed E-state index contributed by atoms with van der Waals surface area (Å²) in [5.74, 6) is 0.903. The Morgan fingerprint density at radius 1 is 0.963 bits per heavy atom. The summed E-state index contributed by atoms with van der Waals surface area (Å²) in [6.07, 6.45) is 1.65. The summed E-state index contributed by atoms with van der Waals surface area (Å²) in [6.45, 7) is 0.814. The third-order valence-electron chi connectivity index (χ3n) is 4.76. The molecular weight excluding hydrogens is 352 g/mol. The van der Waals surface area contributed by atoms with E-state index in [1.54, 1.807) is 17.7 Å². The Bertz CT molecular complexity index is 1010. The van der Waals surface area contributed by atoms with Gasteiger partial charge in [0, 0.05) is 10.4 Å². The maximum Gasteiger partial charge on any atom is 0.138 e. The quantitative estimate of drug-likeness (QED) is 0.540. The molecular formula is C22H23N4S+. The maximum atomic E-state index is 4.51. The number of nitrogens with zero attached hydrogens (tertiary/aromatic N) is 2. The predicted molar refractivity (Wildman–Crippen MR) is 113 cm³/mol. The van der Waals surface area contributed by atoms with Gasteiger partial charge in [-0.05, 0) is 11.6 Å². The summed E-state index contributed by atoms with van der Waals surface area (Å²) in [5, 5.41) is 4.65. The number of fused-ring (bicyclic) bond motifs is 1. The SMILES string of the molecule is C[NH+](C)[C@@H](CNc1ncnc2sc(-c3ccccc3)cc12)c1ccccc1. The van der Waals surface area contributed by atoms with Crippen molar-refractivity contribution in [1.29, 1.82) is 0 Å². The summed E-state index contributed by atoms with van der Waals surface area (Å²) >= 11 is 1.71. The third kappa shape index (κ3) is 3.84. The number of rotatable bonds is 6. The second-order valence-corrected chi connectivity index (χ2v) is 7.87. The van der Waals surface area contributed by atoms with Crippen molar-refractivity contribution in [3.8, 4) is 10.4 Å². The first kappa shape index (κ1) is 17.6. The number of hydrogen-bond acceptors (Lipinski definition) is 4. The van der Waals surface area contributed by atoms with Crippen molar-refractivity contribution in [1.82, 2.24) is 9.97 Å². The highest BCUT2D eigenvalue weighted by Gasteiger charge is 2.18. The van der Waals surface area contributed by atoms with Crippen molar-refractivity contribution in [2.75, 3.05) is 26.0 Å². The molecule has 0 saturated heterocycles. The smallest absolute Gasteiger partial charge is 0.138 e. The maximum absolute atomic E-state index is 4.51. The second kappa shape index (κ2) is 7.86. The average Bonchev–Trinajstić information content (AvgIpc) is 3.14. The topological polar surface area (TPSA) is 42.2 Å². The van der Waals surface area contributed by atoms with Crippen molar-refractivity contribution >= 4 is 27.4 Å². The van der Waals surface area contributed by atoms with Crippen LogP contribution in [0.4, 0.5) is 5.82 Å². The molecule has 2 N–H and O–H groups in total. The Balaban J connectivity index is 1.61. The summed E-state index contributed by atoms with van der Waals surface area (Å²) in [7, 11) is 4.38. The van der Waals surface area contributed by atoms with Gasteiger partial charge in [-0.1, -0.05) is 60.7 Å². The van der Waals surface area contributed by atoms with E-state index in [-0.39, 0.29) is 0 Å². The molecule has 0 radical (unpaired) electrons. The number of quaternary nitrogens is 1. The van der Waals surface area contributed by atoms with E-state index >= 15 is 0 Å². The molecule has 0 aliphatic rings. The molecule has 0 spiro atoms. The summed E-state index contributed by atoms with van der Waals surface area (Å²) in [4.78, 5) is 12.6. The number of thiophene rings is 1. The van der Waals surface area contributed by atoms with Crippen LogP contribution in [0.5, 0.6) is 0 Å². The van der Waals surface area contributed by atoms with Gasteiger partial charge in [-0.15, -0.1) is 11.3 Å². The third-order valence-corrected chi connectivity index (χ3v) is 5.85. The van der Waals surface area contributed by atoms with E-state index in [2.05, 4.69) is 90.0 Å². The molecule has 2 aromatic carbocycles. The lowest BCUT2D eigenvalue weighted by molar-refractivity contribution is -0.890. The van der Waals surface area contributed by atoms with E-state index in [9.17, 15) is 0 Å². The van der Waals surface area contributed by atoms with Crippen molar-refractivity contribution in [2.24, 2.45) is 0 Å². The highest BCUT2D eigenvalue weighted by atomic mass is 32.1. The van der Waals surface area contributed by atoms with Gasteiger partial charge in [0.1, 0.15) is 23.0 Å². The molecule has 0 aliphatic heterocycles. The van der Waals surface area contributed by atoms with Crippen LogP contribution < -0.4 is 10.2 Å². The van der Waals surface area contributed by atoms with Crippen LogP contribution in [0.1, 0.15) is 11.6 Å². The van der Waals surface area contributed by atoms with Gasteiger partial charge in [0.05, 0.1) is 26.0 Å².